The van der Waals surface area contributed by atoms with E-state index in [-0.39, 0.29) is 10.3 Å². The second-order valence-corrected chi connectivity index (χ2v) is 7.75. The molecule has 0 spiro atoms. The van der Waals surface area contributed by atoms with Gasteiger partial charge in [0.25, 0.3) is 0 Å². The van der Waals surface area contributed by atoms with E-state index in [4.69, 9.17) is 0 Å². The summed E-state index contributed by atoms with van der Waals surface area (Å²) in [6, 6.07) is 0. The Morgan fingerprint density at radius 1 is 1.47 bits per heavy atom. The molecule has 0 radical (unpaired) electrons. The Labute approximate surface area is 108 Å². The van der Waals surface area contributed by atoms with Crippen LogP contribution in [0.5, 0.6) is 0 Å². The molecule has 2 nitrogen and oxygen atoms in total. The second-order valence-electron chi connectivity index (χ2n) is 5.78. The monoisotopic (exact) mass is 255 g/mol. The molecular weight excluding hydrogens is 230 g/mol. The Morgan fingerprint density at radius 2 is 2.18 bits per heavy atom. The molecule has 0 aromatic carbocycles. The first-order valence-electron chi connectivity index (χ1n) is 6.38. The lowest BCUT2D eigenvalue weighted by Gasteiger charge is -2.33. The first kappa shape index (κ1) is 14.7. The third-order valence-electron chi connectivity index (χ3n) is 3.04. The SMILES string of the molecule is C=CC[C@]1(N[S@@](=O)C(C)(C)C)C=CCCCC1. The van der Waals surface area contributed by atoms with E-state index in [9.17, 15) is 4.21 Å². The summed E-state index contributed by atoms with van der Waals surface area (Å²) in [6.45, 7) is 9.82. The summed E-state index contributed by atoms with van der Waals surface area (Å²) in [7, 11) is -1.03. The molecule has 1 aliphatic rings. The molecule has 1 rings (SSSR count). The van der Waals surface area contributed by atoms with Crippen molar-refractivity contribution in [3.8, 4) is 0 Å². The van der Waals surface area contributed by atoms with E-state index >= 15 is 0 Å². The molecule has 0 amide bonds. The van der Waals surface area contributed by atoms with Gasteiger partial charge in [-0.1, -0.05) is 24.6 Å². The van der Waals surface area contributed by atoms with E-state index in [0.717, 1.165) is 19.3 Å². The van der Waals surface area contributed by atoms with Crippen molar-refractivity contribution in [2.75, 3.05) is 0 Å². The summed E-state index contributed by atoms with van der Waals surface area (Å²) in [6.07, 6.45) is 11.7. The summed E-state index contributed by atoms with van der Waals surface area (Å²) in [4.78, 5) is 0. The van der Waals surface area contributed by atoms with E-state index in [0.29, 0.717) is 0 Å². The average molecular weight is 255 g/mol. The molecule has 1 aliphatic carbocycles. The minimum absolute atomic E-state index is 0.156. The Morgan fingerprint density at radius 3 is 2.76 bits per heavy atom. The smallest absolute Gasteiger partial charge is 0.0978 e. The highest BCUT2D eigenvalue weighted by Crippen LogP contribution is 2.27. The van der Waals surface area contributed by atoms with Crippen molar-refractivity contribution < 1.29 is 4.21 Å². The summed E-state index contributed by atoms with van der Waals surface area (Å²) in [5.74, 6) is 0. The fourth-order valence-corrected chi connectivity index (χ4v) is 2.92. The summed E-state index contributed by atoms with van der Waals surface area (Å²) in [5.41, 5.74) is -0.156. The standard InChI is InChI=1S/C14H25NOS/c1-5-10-14(11-8-6-7-9-12-14)15-17(16)13(2,3)4/h5,8,11,15H,1,6-7,9-10,12H2,2-4H3/t14-,17-/m0/s1. The van der Waals surface area contributed by atoms with E-state index in [1.807, 2.05) is 26.8 Å². The molecule has 0 aliphatic heterocycles. The van der Waals surface area contributed by atoms with Gasteiger partial charge in [0.2, 0.25) is 0 Å². The lowest BCUT2D eigenvalue weighted by Crippen LogP contribution is -2.48. The quantitative estimate of drug-likeness (QED) is 0.766. The molecule has 17 heavy (non-hydrogen) atoms. The van der Waals surface area contributed by atoms with Crippen LogP contribution in [0.4, 0.5) is 0 Å². The van der Waals surface area contributed by atoms with Crippen LogP contribution in [0.15, 0.2) is 24.8 Å². The van der Waals surface area contributed by atoms with Gasteiger partial charge in [0.05, 0.1) is 21.3 Å². The first-order valence-corrected chi connectivity index (χ1v) is 7.53. The maximum Gasteiger partial charge on any atom is 0.0978 e. The summed E-state index contributed by atoms with van der Waals surface area (Å²) in [5, 5.41) is 0. The van der Waals surface area contributed by atoms with Crippen molar-refractivity contribution >= 4 is 11.0 Å². The number of nitrogens with one attached hydrogen (secondary N) is 1. The number of hydrogen-bond acceptors (Lipinski definition) is 1. The van der Waals surface area contributed by atoms with Gasteiger partial charge >= 0.3 is 0 Å². The van der Waals surface area contributed by atoms with Gasteiger partial charge in [-0.15, -0.1) is 6.58 Å². The topological polar surface area (TPSA) is 29.1 Å². The van der Waals surface area contributed by atoms with Crippen LogP contribution < -0.4 is 4.72 Å². The fraction of sp³-hybridized carbons (Fsp3) is 0.714. The summed E-state index contributed by atoms with van der Waals surface area (Å²) >= 11 is 0. The zero-order valence-corrected chi connectivity index (χ0v) is 12.1. The molecule has 0 unspecified atom stereocenters. The van der Waals surface area contributed by atoms with E-state index in [1.54, 1.807) is 0 Å². The maximum atomic E-state index is 12.3. The van der Waals surface area contributed by atoms with Crippen LogP contribution in [-0.4, -0.2) is 14.5 Å². The van der Waals surface area contributed by atoms with Crippen LogP contribution in [0, 0.1) is 0 Å². The maximum absolute atomic E-state index is 12.3. The van der Waals surface area contributed by atoms with Crippen molar-refractivity contribution in [2.24, 2.45) is 0 Å². The molecule has 0 saturated carbocycles. The van der Waals surface area contributed by atoms with Gasteiger partial charge in [0.1, 0.15) is 0 Å². The molecule has 0 saturated heterocycles. The third kappa shape index (κ3) is 4.40. The van der Waals surface area contributed by atoms with Crippen LogP contribution in [0.2, 0.25) is 0 Å². The molecule has 3 heteroatoms. The van der Waals surface area contributed by atoms with E-state index < -0.39 is 11.0 Å². The predicted molar refractivity (Wildman–Crippen MR) is 76.2 cm³/mol. The summed E-state index contributed by atoms with van der Waals surface area (Å²) < 4.78 is 15.4. The Kier molecular flexibility index (Phi) is 5.14. The van der Waals surface area contributed by atoms with Crippen molar-refractivity contribution in [3.63, 3.8) is 0 Å². The normalized spacial score (nSPS) is 27.5. The zero-order chi connectivity index (χ0) is 12.9. The molecule has 1 N–H and O–H groups in total. The highest BCUT2D eigenvalue weighted by Gasteiger charge is 2.32. The van der Waals surface area contributed by atoms with Crippen molar-refractivity contribution in [2.45, 2.75) is 63.2 Å². The third-order valence-corrected chi connectivity index (χ3v) is 4.75. The van der Waals surface area contributed by atoms with Crippen LogP contribution in [0.1, 0.15) is 52.9 Å². The zero-order valence-electron chi connectivity index (χ0n) is 11.3. The van der Waals surface area contributed by atoms with Crippen LogP contribution in [0.3, 0.4) is 0 Å². The molecule has 0 bridgehead atoms. The number of rotatable bonds is 4. The Balaban J connectivity index is 2.84. The highest BCUT2D eigenvalue weighted by atomic mass is 32.2. The molecule has 0 aromatic heterocycles. The average Bonchev–Trinajstić information content (AvgIpc) is 2.43. The minimum Gasteiger partial charge on any atom is -0.242 e. The van der Waals surface area contributed by atoms with Gasteiger partial charge in [0.15, 0.2) is 0 Å². The van der Waals surface area contributed by atoms with E-state index in [2.05, 4.69) is 23.5 Å². The van der Waals surface area contributed by atoms with Gasteiger partial charge in [-0.25, -0.2) is 8.93 Å². The van der Waals surface area contributed by atoms with Gasteiger partial charge in [0, 0.05) is 0 Å². The molecule has 98 valence electrons. The lowest BCUT2D eigenvalue weighted by atomic mass is 9.91. The molecule has 0 aromatic rings. The van der Waals surface area contributed by atoms with Crippen molar-refractivity contribution in [3.05, 3.63) is 24.8 Å². The Bertz CT molecular complexity index is 317. The van der Waals surface area contributed by atoms with Crippen LogP contribution in [0.25, 0.3) is 0 Å². The minimum atomic E-state index is -1.03. The Hall–Kier alpha value is -0.410. The lowest BCUT2D eigenvalue weighted by molar-refractivity contribution is 0.435. The molecule has 2 atom stereocenters. The predicted octanol–water partition coefficient (Wildman–Crippen LogP) is 3.48. The van der Waals surface area contributed by atoms with Crippen molar-refractivity contribution in [1.29, 1.82) is 0 Å². The van der Waals surface area contributed by atoms with Gasteiger partial charge in [-0.2, -0.15) is 0 Å². The van der Waals surface area contributed by atoms with Gasteiger partial charge < -0.3 is 0 Å². The van der Waals surface area contributed by atoms with Gasteiger partial charge in [-0.3, -0.25) is 0 Å². The molecule has 0 heterocycles. The van der Waals surface area contributed by atoms with E-state index in [1.165, 1.54) is 12.8 Å². The van der Waals surface area contributed by atoms with Crippen LogP contribution in [-0.2, 0) is 11.0 Å². The number of hydrogen-bond donors (Lipinski definition) is 1. The fourth-order valence-electron chi connectivity index (χ4n) is 1.99. The van der Waals surface area contributed by atoms with Crippen LogP contribution >= 0.6 is 0 Å². The molecular formula is C14H25NOS. The first-order chi connectivity index (χ1) is 7.90. The van der Waals surface area contributed by atoms with Gasteiger partial charge in [-0.05, 0) is 46.5 Å². The molecule has 0 fully saturated rings. The largest absolute Gasteiger partial charge is 0.242 e. The highest BCUT2D eigenvalue weighted by molar-refractivity contribution is 7.84. The van der Waals surface area contributed by atoms with Crippen molar-refractivity contribution in [1.82, 2.24) is 4.72 Å². The second kappa shape index (κ2) is 5.96. The number of allylic oxidation sites excluding steroid dienone is 1.